The molecule has 0 heterocycles. The molecule has 0 saturated heterocycles. The van der Waals surface area contributed by atoms with Crippen molar-refractivity contribution in [3.63, 3.8) is 0 Å². The Bertz CT molecular complexity index is 652. The maximum absolute atomic E-state index is 13.9. The number of hydrogen-bond donors (Lipinski definition) is 1. The van der Waals surface area contributed by atoms with Crippen molar-refractivity contribution in [3.05, 3.63) is 70.3 Å². The van der Waals surface area contributed by atoms with Crippen LogP contribution in [0.15, 0.2) is 36.4 Å². The molecule has 1 N–H and O–H groups in total. The summed E-state index contributed by atoms with van der Waals surface area (Å²) in [6, 6.07) is 9.89. The van der Waals surface area contributed by atoms with E-state index in [1.807, 2.05) is 0 Å². The molecule has 1 nitrogen and oxygen atoms in total. The van der Waals surface area contributed by atoms with E-state index in [-0.39, 0.29) is 11.9 Å². The molecule has 110 valence electrons. The van der Waals surface area contributed by atoms with Crippen LogP contribution in [0.4, 0.5) is 8.78 Å². The van der Waals surface area contributed by atoms with Crippen LogP contribution in [0.25, 0.3) is 0 Å². The Labute approximate surface area is 124 Å². The van der Waals surface area contributed by atoms with Crippen molar-refractivity contribution in [2.24, 2.45) is 0 Å². The van der Waals surface area contributed by atoms with Gasteiger partial charge in [0.25, 0.3) is 0 Å². The number of nitrogens with one attached hydrogen (secondary N) is 1. The largest absolute Gasteiger partial charge is 0.313 e. The zero-order valence-corrected chi connectivity index (χ0v) is 12.1. The molecule has 21 heavy (non-hydrogen) atoms. The fourth-order valence-corrected chi connectivity index (χ4v) is 3.14. The Morgan fingerprint density at radius 3 is 2.67 bits per heavy atom. The van der Waals surface area contributed by atoms with E-state index in [0.717, 1.165) is 18.9 Å². The van der Waals surface area contributed by atoms with Gasteiger partial charge in [0.15, 0.2) is 0 Å². The van der Waals surface area contributed by atoms with Gasteiger partial charge in [0.1, 0.15) is 11.6 Å². The zero-order valence-electron chi connectivity index (χ0n) is 12.1. The minimum absolute atomic E-state index is 0.222. The highest BCUT2D eigenvalue weighted by atomic mass is 19.1. The van der Waals surface area contributed by atoms with E-state index < -0.39 is 5.82 Å². The Morgan fingerprint density at radius 2 is 1.86 bits per heavy atom. The number of fused-ring (bicyclic) bond motifs is 1. The lowest BCUT2D eigenvalue weighted by Gasteiger charge is -2.18. The molecule has 0 bridgehead atoms. The van der Waals surface area contributed by atoms with Crippen LogP contribution in [-0.4, -0.2) is 7.05 Å². The van der Waals surface area contributed by atoms with Crippen molar-refractivity contribution in [3.8, 4) is 0 Å². The van der Waals surface area contributed by atoms with Gasteiger partial charge >= 0.3 is 0 Å². The molecule has 1 aliphatic rings. The van der Waals surface area contributed by atoms with Gasteiger partial charge in [-0.15, -0.1) is 0 Å². The van der Waals surface area contributed by atoms with Crippen molar-refractivity contribution in [2.45, 2.75) is 31.7 Å². The van der Waals surface area contributed by atoms with E-state index in [1.165, 1.54) is 35.2 Å². The summed E-state index contributed by atoms with van der Waals surface area (Å²) >= 11 is 0. The first-order valence-electron chi connectivity index (χ1n) is 7.40. The lowest BCUT2D eigenvalue weighted by molar-refractivity contribution is 0.523. The molecule has 2 aromatic carbocycles. The quantitative estimate of drug-likeness (QED) is 0.897. The third kappa shape index (κ3) is 2.98. The molecule has 0 spiro atoms. The van der Waals surface area contributed by atoms with Gasteiger partial charge in [-0.1, -0.05) is 18.2 Å². The minimum Gasteiger partial charge on any atom is -0.313 e. The van der Waals surface area contributed by atoms with E-state index in [9.17, 15) is 8.78 Å². The van der Waals surface area contributed by atoms with Gasteiger partial charge in [-0.05, 0) is 67.6 Å². The fraction of sp³-hybridized carbons (Fsp3) is 0.333. The zero-order chi connectivity index (χ0) is 14.8. The molecule has 0 fully saturated rings. The average molecular weight is 287 g/mol. The summed E-state index contributed by atoms with van der Waals surface area (Å²) in [5.74, 6) is -0.766. The van der Waals surface area contributed by atoms with Crippen LogP contribution in [0.1, 0.15) is 34.7 Å². The third-order valence-electron chi connectivity index (χ3n) is 4.28. The van der Waals surface area contributed by atoms with Gasteiger partial charge in [-0.3, -0.25) is 0 Å². The van der Waals surface area contributed by atoms with Crippen LogP contribution in [0.2, 0.25) is 0 Å². The van der Waals surface area contributed by atoms with Gasteiger partial charge < -0.3 is 5.32 Å². The summed E-state index contributed by atoms with van der Waals surface area (Å²) in [6.07, 6.45) is 4.15. The standard InChI is InChI=1S/C18H19F2N/c1-21-18(16-11-15(19)7-8-17(16)20)10-12-5-6-13-3-2-4-14(13)9-12/h5-9,11,18,21H,2-4,10H2,1H3. The minimum atomic E-state index is -0.402. The molecule has 3 rings (SSSR count). The van der Waals surface area contributed by atoms with Crippen molar-refractivity contribution < 1.29 is 8.78 Å². The van der Waals surface area contributed by atoms with Crippen LogP contribution in [0.5, 0.6) is 0 Å². The molecule has 0 radical (unpaired) electrons. The molecule has 1 unspecified atom stereocenters. The van der Waals surface area contributed by atoms with Crippen molar-refractivity contribution in [1.29, 1.82) is 0 Å². The van der Waals surface area contributed by atoms with Crippen molar-refractivity contribution in [1.82, 2.24) is 5.32 Å². The SMILES string of the molecule is CNC(Cc1ccc2c(c1)CCC2)c1cc(F)ccc1F. The molecule has 0 amide bonds. The summed E-state index contributed by atoms with van der Waals surface area (Å²) < 4.78 is 27.3. The van der Waals surface area contributed by atoms with Crippen LogP contribution in [0.3, 0.4) is 0 Å². The summed E-state index contributed by atoms with van der Waals surface area (Å²) in [5.41, 5.74) is 4.38. The highest BCUT2D eigenvalue weighted by Gasteiger charge is 2.17. The first kappa shape index (κ1) is 14.2. The topological polar surface area (TPSA) is 12.0 Å². The Kier molecular flexibility index (Phi) is 4.02. The molecule has 0 aromatic heterocycles. The van der Waals surface area contributed by atoms with Crippen LogP contribution < -0.4 is 5.32 Å². The number of hydrogen-bond acceptors (Lipinski definition) is 1. The lowest BCUT2D eigenvalue weighted by Crippen LogP contribution is -2.20. The first-order chi connectivity index (χ1) is 10.2. The molecule has 0 saturated carbocycles. The number of benzene rings is 2. The second-order valence-electron chi connectivity index (χ2n) is 5.67. The van der Waals surface area contributed by atoms with Crippen molar-refractivity contribution in [2.75, 3.05) is 7.05 Å². The number of rotatable bonds is 4. The van der Waals surface area contributed by atoms with E-state index in [1.54, 1.807) is 7.05 Å². The van der Waals surface area contributed by atoms with Crippen molar-refractivity contribution >= 4 is 0 Å². The number of aryl methyl sites for hydroxylation is 2. The molecule has 1 aliphatic carbocycles. The highest BCUT2D eigenvalue weighted by molar-refractivity contribution is 5.36. The number of halogens is 2. The Morgan fingerprint density at radius 1 is 1.05 bits per heavy atom. The maximum atomic E-state index is 13.9. The molecular weight excluding hydrogens is 268 g/mol. The van der Waals surface area contributed by atoms with Gasteiger partial charge in [-0.25, -0.2) is 8.78 Å². The molecule has 3 heteroatoms. The molecule has 0 aliphatic heterocycles. The summed E-state index contributed by atoms with van der Waals surface area (Å²) in [6.45, 7) is 0. The first-order valence-corrected chi connectivity index (χ1v) is 7.40. The summed E-state index contributed by atoms with van der Waals surface area (Å²) in [7, 11) is 1.78. The second kappa shape index (κ2) is 5.94. The van der Waals surface area contributed by atoms with Crippen LogP contribution >= 0.6 is 0 Å². The van der Waals surface area contributed by atoms with E-state index >= 15 is 0 Å². The number of likely N-dealkylation sites (N-methyl/N-ethyl adjacent to an activating group) is 1. The molecular formula is C18H19F2N. The van der Waals surface area contributed by atoms with E-state index in [4.69, 9.17) is 0 Å². The van der Waals surface area contributed by atoms with E-state index in [0.29, 0.717) is 12.0 Å². The summed E-state index contributed by atoms with van der Waals surface area (Å²) in [4.78, 5) is 0. The molecule has 1 atom stereocenters. The lowest BCUT2D eigenvalue weighted by atomic mass is 9.96. The normalized spacial score (nSPS) is 15.0. The van der Waals surface area contributed by atoms with Crippen LogP contribution in [0, 0.1) is 11.6 Å². The van der Waals surface area contributed by atoms with E-state index in [2.05, 4.69) is 23.5 Å². The van der Waals surface area contributed by atoms with Gasteiger partial charge in [0.05, 0.1) is 0 Å². The maximum Gasteiger partial charge on any atom is 0.128 e. The monoisotopic (exact) mass is 287 g/mol. The summed E-state index contributed by atoms with van der Waals surface area (Å²) in [5, 5.41) is 3.10. The fourth-order valence-electron chi connectivity index (χ4n) is 3.14. The third-order valence-corrected chi connectivity index (χ3v) is 4.28. The smallest absolute Gasteiger partial charge is 0.128 e. The highest BCUT2D eigenvalue weighted by Crippen LogP contribution is 2.26. The van der Waals surface area contributed by atoms with Gasteiger partial charge in [0.2, 0.25) is 0 Å². The second-order valence-corrected chi connectivity index (χ2v) is 5.67. The average Bonchev–Trinajstić information content (AvgIpc) is 2.95. The van der Waals surface area contributed by atoms with Gasteiger partial charge in [-0.2, -0.15) is 0 Å². The Balaban J connectivity index is 1.86. The van der Waals surface area contributed by atoms with Crippen LogP contribution in [-0.2, 0) is 19.3 Å². The predicted molar refractivity (Wildman–Crippen MR) is 80.3 cm³/mol. The Hall–Kier alpha value is -1.74. The predicted octanol–water partition coefficient (Wildman–Crippen LogP) is 3.96. The van der Waals surface area contributed by atoms with Gasteiger partial charge in [0, 0.05) is 11.6 Å². The molecule has 2 aromatic rings.